The maximum Gasteiger partial charge on any atom is 0.321 e. The molecule has 2 amide bonds. The van der Waals surface area contributed by atoms with Crippen LogP contribution in [0.15, 0.2) is 24.3 Å². The minimum Gasteiger partial charge on any atom is -0.495 e. The SMILES string of the molecule is CNC1CCN(C(=O)Nc2ccccc2OC)CC1C. The van der Waals surface area contributed by atoms with Crippen LogP contribution in [0.5, 0.6) is 5.75 Å². The quantitative estimate of drug-likeness (QED) is 0.890. The number of methoxy groups -OCH3 is 1. The van der Waals surface area contributed by atoms with Crippen LogP contribution in [0.1, 0.15) is 13.3 Å². The number of benzene rings is 1. The van der Waals surface area contributed by atoms with Crippen molar-refractivity contribution in [3.05, 3.63) is 24.3 Å². The fourth-order valence-electron chi connectivity index (χ4n) is 2.70. The van der Waals surface area contributed by atoms with Gasteiger partial charge in [0.1, 0.15) is 5.75 Å². The van der Waals surface area contributed by atoms with E-state index in [-0.39, 0.29) is 6.03 Å². The Morgan fingerprint density at radius 1 is 1.40 bits per heavy atom. The molecule has 0 spiro atoms. The Labute approximate surface area is 120 Å². The first-order chi connectivity index (χ1) is 9.65. The number of nitrogens with one attached hydrogen (secondary N) is 2. The van der Waals surface area contributed by atoms with Crippen LogP contribution in [0.2, 0.25) is 0 Å². The summed E-state index contributed by atoms with van der Waals surface area (Å²) in [5.74, 6) is 1.14. The van der Waals surface area contributed by atoms with E-state index in [0.29, 0.717) is 23.4 Å². The number of nitrogens with zero attached hydrogens (tertiary/aromatic N) is 1. The first-order valence-corrected chi connectivity index (χ1v) is 7.02. The highest BCUT2D eigenvalue weighted by atomic mass is 16.5. The largest absolute Gasteiger partial charge is 0.495 e. The summed E-state index contributed by atoms with van der Waals surface area (Å²) >= 11 is 0. The Balaban J connectivity index is 1.99. The number of carbonyl (C=O) groups excluding carboxylic acids is 1. The second-order valence-electron chi connectivity index (χ2n) is 5.24. The average Bonchev–Trinajstić information content (AvgIpc) is 2.47. The molecular formula is C15H23N3O2. The summed E-state index contributed by atoms with van der Waals surface area (Å²) in [6, 6.07) is 7.89. The number of anilines is 1. The van der Waals surface area contributed by atoms with Crippen molar-refractivity contribution in [3.8, 4) is 5.75 Å². The van der Waals surface area contributed by atoms with Crippen LogP contribution >= 0.6 is 0 Å². The Hall–Kier alpha value is -1.75. The minimum absolute atomic E-state index is 0.0593. The van der Waals surface area contributed by atoms with E-state index < -0.39 is 0 Å². The molecule has 0 radical (unpaired) electrons. The van der Waals surface area contributed by atoms with Crippen molar-refractivity contribution in [2.75, 3.05) is 32.6 Å². The van der Waals surface area contributed by atoms with Gasteiger partial charge in [-0.25, -0.2) is 4.79 Å². The van der Waals surface area contributed by atoms with Crippen molar-refractivity contribution in [3.63, 3.8) is 0 Å². The van der Waals surface area contributed by atoms with Crippen molar-refractivity contribution in [1.29, 1.82) is 0 Å². The number of hydrogen-bond donors (Lipinski definition) is 2. The maximum absolute atomic E-state index is 12.3. The first kappa shape index (κ1) is 14.7. The molecule has 5 nitrogen and oxygen atoms in total. The zero-order valence-electron chi connectivity index (χ0n) is 12.3. The van der Waals surface area contributed by atoms with Gasteiger partial charge >= 0.3 is 6.03 Å². The highest BCUT2D eigenvalue weighted by Crippen LogP contribution is 2.24. The van der Waals surface area contributed by atoms with Crippen LogP contribution in [0, 0.1) is 5.92 Å². The molecule has 1 aromatic carbocycles. The van der Waals surface area contributed by atoms with Gasteiger partial charge in [-0.05, 0) is 31.5 Å². The van der Waals surface area contributed by atoms with Gasteiger partial charge in [-0.3, -0.25) is 0 Å². The van der Waals surface area contributed by atoms with E-state index in [1.165, 1.54) is 0 Å². The predicted octanol–water partition coefficient (Wildman–Crippen LogP) is 2.16. The molecule has 1 aliphatic rings. The number of hydrogen-bond acceptors (Lipinski definition) is 3. The molecule has 0 saturated carbocycles. The zero-order valence-corrected chi connectivity index (χ0v) is 12.3. The first-order valence-electron chi connectivity index (χ1n) is 7.02. The van der Waals surface area contributed by atoms with Crippen molar-refractivity contribution >= 4 is 11.7 Å². The lowest BCUT2D eigenvalue weighted by Crippen LogP contribution is -2.50. The zero-order chi connectivity index (χ0) is 14.5. The molecule has 1 aliphatic heterocycles. The summed E-state index contributed by atoms with van der Waals surface area (Å²) in [5, 5.41) is 6.23. The Kier molecular flexibility index (Phi) is 4.84. The van der Waals surface area contributed by atoms with E-state index in [1.54, 1.807) is 7.11 Å². The molecule has 1 fully saturated rings. The third-order valence-corrected chi connectivity index (χ3v) is 3.91. The molecule has 20 heavy (non-hydrogen) atoms. The van der Waals surface area contributed by atoms with Crippen LogP contribution in [-0.2, 0) is 0 Å². The third kappa shape index (κ3) is 3.22. The minimum atomic E-state index is -0.0593. The van der Waals surface area contributed by atoms with Gasteiger partial charge in [-0.1, -0.05) is 19.1 Å². The lowest BCUT2D eigenvalue weighted by Gasteiger charge is -2.36. The van der Waals surface area contributed by atoms with E-state index >= 15 is 0 Å². The van der Waals surface area contributed by atoms with Gasteiger partial charge in [-0.15, -0.1) is 0 Å². The molecular weight excluding hydrogens is 254 g/mol. The normalized spacial score (nSPS) is 22.4. The highest BCUT2D eigenvalue weighted by molar-refractivity contribution is 5.91. The van der Waals surface area contributed by atoms with Gasteiger partial charge in [0.25, 0.3) is 0 Å². The molecule has 110 valence electrons. The molecule has 0 aliphatic carbocycles. The number of ether oxygens (including phenoxy) is 1. The second-order valence-corrected chi connectivity index (χ2v) is 5.24. The topological polar surface area (TPSA) is 53.6 Å². The lowest BCUT2D eigenvalue weighted by molar-refractivity contribution is 0.163. The third-order valence-electron chi connectivity index (χ3n) is 3.91. The van der Waals surface area contributed by atoms with E-state index in [1.807, 2.05) is 36.2 Å². The summed E-state index contributed by atoms with van der Waals surface area (Å²) in [5.41, 5.74) is 0.711. The van der Waals surface area contributed by atoms with Gasteiger partial charge in [-0.2, -0.15) is 0 Å². The number of rotatable bonds is 3. The number of likely N-dealkylation sites (tertiary alicyclic amines) is 1. The second kappa shape index (κ2) is 6.61. The standard InChI is InChI=1S/C15H23N3O2/c1-11-10-18(9-8-12(11)16-2)15(19)17-13-6-4-5-7-14(13)20-3/h4-7,11-12,16H,8-10H2,1-3H3,(H,17,19). The fraction of sp³-hybridized carbons (Fsp3) is 0.533. The molecule has 1 saturated heterocycles. The summed E-state index contributed by atoms with van der Waals surface area (Å²) in [4.78, 5) is 14.2. The van der Waals surface area contributed by atoms with Crippen molar-refractivity contribution in [1.82, 2.24) is 10.2 Å². The molecule has 5 heteroatoms. The summed E-state index contributed by atoms with van der Waals surface area (Å²) in [7, 11) is 3.58. The van der Waals surface area contributed by atoms with Crippen LogP contribution in [0.4, 0.5) is 10.5 Å². The molecule has 0 aromatic heterocycles. The number of piperidine rings is 1. The summed E-state index contributed by atoms with van der Waals surface area (Å²) in [6.07, 6.45) is 0.983. The fourth-order valence-corrected chi connectivity index (χ4v) is 2.70. The van der Waals surface area contributed by atoms with Gasteiger partial charge in [0.05, 0.1) is 12.8 Å². The molecule has 0 bridgehead atoms. The van der Waals surface area contributed by atoms with Crippen LogP contribution in [0.25, 0.3) is 0 Å². The summed E-state index contributed by atoms with van der Waals surface area (Å²) in [6.45, 7) is 3.72. The van der Waals surface area contributed by atoms with Crippen molar-refractivity contribution < 1.29 is 9.53 Å². The average molecular weight is 277 g/mol. The number of urea groups is 1. The number of amides is 2. The Morgan fingerprint density at radius 3 is 2.80 bits per heavy atom. The van der Waals surface area contributed by atoms with Crippen LogP contribution in [-0.4, -0.2) is 44.2 Å². The Bertz CT molecular complexity index is 464. The molecule has 2 atom stereocenters. The Morgan fingerprint density at radius 2 is 2.15 bits per heavy atom. The van der Waals surface area contributed by atoms with E-state index in [4.69, 9.17) is 4.74 Å². The monoisotopic (exact) mass is 277 g/mol. The van der Waals surface area contributed by atoms with Gasteiger partial charge in [0.15, 0.2) is 0 Å². The lowest BCUT2D eigenvalue weighted by atomic mass is 9.94. The van der Waals surface area contributed by atoms with Gasteiger partial charge < -0.3 is 20.3 Å². The maximum atomic E-state index is 12.3. The smallest absolute Gasteiger partial charge is 0.321 e. The van der Waals surface area contributed by atoms with Gasteiger partial charge in [0, 0.05) is 19.1 Å². The molecule has 1 aromatic rings. The highest BCUT2D eigenvalue weighted by Gasteiger charge is 2.27. The van der Waals surface area contributed by atoms with E-state index in [9.17, 15) is 4.79 Å². The molecule has 1 heterocycles. The van der Waals surface area contributed by atoms with Crippen molar-refractivity contribution in [2.45, 2.75) is 19.4 Å². The van der Waals surface area contributed by atoms with E-state index in [0.717, 1.165) is 19.5 Å². The molecule has 2 rings (SSSR count). The predicted molar refractivity (Wildman–Crippen MR) is 80.2 cm³/mol. The molecule has 2 N–H and O–H groups in total. The summed E-state index contributed by atoms with van der Waals surface area (Å²) < 4.78 is 5.25. The van der Waals surface area contributed by atoms with E-state index in [2.05, 4.69) is 17.6 Å². The van der Waals surface area contributed by atoms with Gasteiger partial charge in [0.2, 0.25) is 0 Å². The number of para-hydroxylation sites is 2. The molecule has 2 unspecified atom stereocenters. The van der Waals surface area contributed by atoms with Crippen LogP contribution in [0.3, 0.4) is 0 Å². The van der Waals surface area contributed by atoms with Crippen molar-refractivity contribution in [2.24, 2.45) is 5.92 Å². The van der Waals surface area contributed by atoms with Crippen LogP contribution < -0.4 is 15.4 Å². The number of carbonyl (C=O) groups is 1.